The predicted octanol–water partition coefficient (Wildman–Crippen LogP) is 2.35. The zero-order chi connectivity index (χ0) is 12.7. The van der Waals surface area contributed by atoms with Gasteiger partial charge in [-0.2, -0.15) is 11.8 Å². The zero-order valence-corrected chi connectivity index (χ0v) is 10.7. The van der Waals surface area contributed by atoms with Crippen molar-refractivity contribution in [3.05, 3.63) is 42.0 Å². The Kier molecular flexibility index (Phi) is 5.63. The number of carbonyl (C=O) groups is 1. The highest BCUT2D eigenvalue weighted by Crippen LogP contribution is 2.15. The Morgan fingerprint density at radius 2 is 2.35 bits per heavy atom. The first-order chi connectivity index (χ1) is 8.15. The van der Waals surface area contributed by atoms with E-state index in [4.69, 9.17) is 0 Å². The lowest BCUT2D eigenvalue weighted by molar-refractivity contribution is 0.0955. The van der Waals surface area contributed by atoms with Gasteiger partial charge >= 0.3 is 0 Å². The second kappa shape index (κ2) is 7.01. The number of hydrogen-bond donors (Lipinski definition) is 2. The van der Waals surface area contributed by atoms with E-state index in [-0.39, 0.29) is 11.7 Å². The Hall–Kier alpha value is -1.42. The van der Waals surface area contributed by atoms with Crippen LogP contribution in [0, 0.1) is 6.92 Å². The number of aryl methyl sites for hydroxylation is 1. The molecule has 1 aromatic carbocycles. The molecule has 1 amide bonds. The summed E-state index contributed by atoms with van der Waals surface area (Å²) >= 11 is 1.72. The topological polar surface area (TPSA) is 49.3 Å². The SMILES string of the molecule is C=CCSCCNC(=O)c1ccc(O)cc1C. The summed E-state index contributed by atoms with van der Waals surface area (Å²) in [6.45, 7) is 6.07. The Morgan fingerprint density at radius 1 is 1.59 bits per heavy atom. The smallest absolute Gasteiger partial charge is 0.251 e. The van der Waals surface area contributed by atoms with Crippen molar-refractivity contribution < 1.29 is 9.90 Å². The second-order valence-electron chi connectivity index (χ2n) is 3.62. The Balaban J connectivity index is 2.44. The maximum atomic E-state index is 11.8. The van der Waals surface area contributed by atoms with Crippen LogP contribution in [0.2, 0.25) is 0 Å². The number of phenolic OH excluding ortho intramolecular Hbond substituents is 1. The maximum Gasteiger partial charge on any atom is 0.251 e. The molecule has 1 aromatic rings. The molecule has 0 aliphatic carbocycles. The molecule has 0 unspecified atom stereocenters. The quantitative estimate of drug-likeness (QED) is 0.602. The summed E-state index contributed by atoms with van der Waals surface area (Å²) in [5.41, 5.74) is 1.39. The van der Waals surface area contributed by atoms with E-state index < -0.39 is 0 Å². The average Bonchev–Trinajstić information content (AvgIpc) is 2.28. The minimum atomic E-state index is -0.0956. The van der Waals surface area contributed by atoms with E-state index in [1.54, 1.807) is 30.8 Å². The first-order valence-electron chi connectivity index (χ1n) is 5.41. The summed E-state index contributed by atoms with van der Waals surface area (Å²) in [6.07, 6.45) is 1.84. The van der Waals surface area contributed by atoms with Crippen LogP contribution in [0.25, 0.3) is 0 Å². The van der Waals surface area contributed by atoms with Crippen LogP contribution in [0.4, 0.5) is 0 Å². The van der Waals surface area contributed by atoms with Crippen LogP contribution in [0.1, 0.15) is 15.9 Å². The van der Waals surface area contributed by atoms with Crippen LogP contribution >= 0.6 is 11.8 Å². The van der Waals surface area contributed by atoms with E-state index in [1.165, 1.54) is 6.07 Å². The van der Waals surface area contributed by atoms with Crippen molar-refractivity contribution in [3.63, 3.8) is 0 Å². The first kappa shape index (κ1) is 13.6. The summed E-state index contributed by atoms with van der Waals surface area (Å²) in [5, 5.41) is 12.1. The van der Waals surface area contributed by atoms with Gasteiger partial charge in [-0.1, -0.05) is 6.08 Å². The van der Waals surface area contributed by atoms with E-state index in [2.05, 4.69) is 11.9 Å². The molecule has 0 bridgehead atoms. The van der Waals surface area contributed by atoms with Crippen molar-refractivity contribution in [1.82, 2.24) is 5.32 Å². The van der Waals surface area contributed by atoms with Gasteiger partial charge in [0.1, 0.15) is 5.75 Å². The number of phenols is 1. The third-order valence-corrected chi connectivity index (χ3v) is 3.19. The predicted molar refractivity (Wildman–Crippen MR) is 72.7 cm³/mol. The summed E-state index contributed by atoms with van der Waals surface area (Å²) < 4.78 is 0. The number of nitrogens with one attached hydrogen (secondary N) is 1. The third kappa shape index (κ3) is 4.53. The molecular weight excluding hydrogens is 234 g/mol. The summed E-state index contributed by atoms with van der Waals surface area (Å²) in [7, 11) is 0. The number of rotatable bonds is 6. The standard InChI is InChI=1S/C13H17NO2S/c1-3-7-17-8-6-14-13(16)12-5-4-11(15)9-10(12)2/h3-5,9,15H,1,6-8H2,2H3,(H,14,16). The molecule has 0 heterocycles. The highest BCUT2D eigenvalue weighted by molar-refractivity contribution is 7.99. The van der Waals surface area contributed by atoms with Gasteiger partial charge in [-0.15, -0.1) is 6.58 Å². The monoisotopic (exact) mass is 251 g/mol. The minimum Gasteiger partial charge on any atom is -0.508 e. The first-order valence-corrected chi connectivity index (χ1v) is 6.57. The van der Waals surface area contributed by atoms with Crippen LogP contribution < -0.4 is 5.32 Å². The normalized spacial score (nSPS) is 9.94. The fourth-order valence-electron chi connectivity index (χ4n) is 1.40. The fourth-order valence-corrected chi connectivity index (χ4v) is 1.98. The molecule has 0 radical (unpaired) electrons. The minimum absolute atomic E-state index is 0.0956. The molecule has 92 valence electrons. The zero-order valence-electron chi connectivity index (χ0n) is 9.90. The van der Waals surface area contributed by atoms with Gasteiger partial charge in [0.2, 0.25) is 0 Å². The maximum absolute atomic E-state index is 11.8. The van der Waals surface area contributed by atoms with Crippen LogP contribution in [-0.4, -0.2) is 29.1 Å². The fraction of sp³-hybridized carbons (Fsp3) is 0.308. The lowest BCUT2D eigenvalue weighted by atomic mass is 10.1. The molecule has 0 aliphatic heterocycles. The molecule has 0 aromatic heterocycles. The molecule has 0 aliphatic rings. The van der Waals surface area contributed by atoms with Crippen molar-refractivity contribution in [3.8, 4) is 5.75 Å². The lowest BCUT2D eigenvalue weighted by Gasteiger charge is -2.07. The van der Waals surface area contributed by atoms with Crippen molar-refractivity contribution in [2.75, 3.05) is 18.1 Å². The number of carbonyl (C=O) groups excluding carboxylic acids is 1. The average molecular weight is 251 g/mol. The van der Waals surface area contributed by atoms with Crippen molar-refractivity contribution >= 4 is 17.7 Å². The van der Waals surface area contributed by atoms with E-state index in [0.29, 0.717) is 12.1 Å². The van der Waals surface area contributed by atoms with E-state index in [9.17, 15) is 9.90 Å². The molecule has 0 fully saturated rings. The lowest BCUT2D eigenvalue weighted by Crippen LogP contribution is -2.26. The van der Waals surface area contributed by atoms with Crippen LogP contribution in [-0.2, 0) is 0 Å². The van der Waals surface area contributed by atoms with Crippen LogP contribution in [0.5, 0.6) is 5.75 Å². The largest absolute Gasteiger partial charge is 0.508 e. The molecule has 4 heteroatoms. The van der Waals surface area contributed by atoms with Crippen LogP contribution in [0.3, 0.4) is 0 Å². The van der Waals surface area contributed by atoms with Gasteiger partial charge in [0, 0.05) is 23.6 Å². The Morgan fingerprint density at radius 3 is 3.00 bits per heavy atom. The van der Waals surface area contributed by atoms with Gasteiger partial charge in [0.25, 0.3) is 5.91 Å². The van der Waals surface area contributed by atoms with E-state index in [1.807, 2.05) is 6.08 Å². The Labute approximate surface area is 106 Å². The molecule has 2 N–H and O–H groups in total. The number of aromatic hydroxyl groups is 1. The molecule has 0 saturated heterocycles. The summed E-state index contributed by atoms with van der Waals surface area (Å²) in [5.74, 6) is 1.85. The molecular formula is C13H17NO2S. The van der Waals surface area contributed by atoms with Crippen molar-refractivity contribution in [1.29, 1.82) is 0 Å². The summed E-state index contributed by atoms with van der Waals surface area (Å²) in [6, 6.07) is 4.74. The third-order valence-electron chi connectivity index (χ3n) is 2.22. The van der Waals surface area contributed by atoms with Gasteiger partial charge in [-0.05, 0) is 30.7 Å². The highest BCUT2D eigenvalue weighted by Gasteiger charge is 2.08. The van der Waals surface area contributed by atoms with Gasteiger partial charge in [0.05, 0.1) is 0 Å². The number of benzene rings is 1. The van der Waals surface area contributed by atoms with Crippen LogP contribution in [0.15, 0.2) is 30.9 Å². The molecule has 3 nitrogen and oxygen atoms in total. The number of thioether (sulfide) groups is 1. The highest BCUT2D eigenvalue weighted by atomic mass is 32.2. The van der Waals surface area contributed by atoms with Crippen molar-refractivity contribution in [2.24, 2.45) is 0 Å². The molecule has 0 spiro atoms. The van der Waals surface area contributed by atoms with Crippen molar-refractivity contribution in [2.45, 2.75) is 6.92 Å². The van der Waals surface area contributed by atoms with Gasteiger partial charge in [-0.3, -0.25) is 4.79 Å². The molecule has 17 heavy (non-hydrogen) atoms. The van der Waals surface area contributed by atoms with Gasteiger partial charge in [-0.25, -0.2) is 0 Å². The number of amides is 1. The summed E-state index contributed by atoms with van der Waals surface area (Å²) in [4.78, 5) is 11.8. The Bertz CT molecular complexity index is 404. The molecule has 0 atom stereocenters. The van der Waals surface area contributed by atoms with Gasteiger partial charge < -0.3 is 10.4 Å². The van der Waals surface area contributed by atoms with Gasteiger partial charge in [0.15, 0.2) is 0 Å². The molecule has 0 saturated carbocycles. The second-order valence-corrected chi connectivity index (χ2v) is 4.77. The van der Waals surface area contributed by atoms with E-state index in [0.717, 1.165) is 17.1 Å². The van der Waals surface area contributed by atoms with E-state index >= 15 is 0 Å². The number of hydrogen-bond acceptors (Lipinski definition) is 3. The molecule has 1 rings (SSSR count).